The maximum Gasteiger partial charge on any atom is 0.251 e. The molecule has 124 valence electrons. The molecule has 7 heteroatoms. The van der Waals surface area contributed by atoms with Crippen LogP contribution in [0.3, 0.4) is 0 Å². The summed E-state index contributed by atoms with van der Waals surface area (Å²) < 4.78 is 12.7. The zero-order valence-corrected chi connectivity index (χ0v) is 13.4. The Morgan fingerprint density at radius 2 is 1.86 bits per heavy atom. The number of hydrogen-bond donors (Lipinski definition) is 3. The van der Waals surface area contributed by atoms with Crippen LogP contribution < -0.4 is 16.4 Å². The van der Waals surface area contributed by atoms with Gasteiger partial charge in [0.25, 0.3) is 5.91 Å². The highest BCUT2D eigenvalue weighted by atomic mass is 35.5. The summed E-state index contributed by atoms with van der Waals surface area (Å²) in [5, 5.41) is 5.47. The van der Waals surface area contributed by atoms with Crippen LogP contribution in [0, 0.1) is 11.7 Å². The van der Waals surface area contributed by atoms with Gasteiger partial charge in [-0.3, -0.25) is 9.59 Å². The third-order valence-corrected chi connectivity index (χ3v) is 3.02. The van der Waals surface area contributed by atoms with Crippen LogP contribution in [-0.4, -0.2) is 31.4 Å². The summed E-state index contributed by atoms with van der Waals surface area (Å²) in [6.45, 7) is 3.46. The van der Waals surface area contributed by atoms with Gasteiger partial charge in [0.1, 0.15) is 5.82 Å². The van der Waals surface area contributed by atoms with Crippen molar-refractivity contribution in [2.75, 3.05) is 19.6 Å². The maximum absolute atomic E-state index is 12.7. The molecule has 1 atom stereocenters. The van der Waals surface area contributed by atoms with Gasteiger partial charge in [-0.05, 0) is 43.1 Å². The first-order chi connectivity index (χ1) is 10.0. The van der Waals surface area contributed by atoms with Crippen LogP contribution in [-0.2, 0) is 4.79 Å². The topological polar surface area (TPSA) is 84.2 Å². The van der Waals surface area contributed by atoms with Gasteiger partial charge in [-0.25, -0.2) is 4.39 Å². The Morgan fingerprint density at radius 1 is 1.23 bits per heavy atom. The van der Waals surface area contributed by atoms with Gasteiger partial charge in [0, 0.05) is 25.1 Å². The molecular formula is C15H23ClFN3O2. The fraction of sp³-hybridized carbons (Fsp3) is 0.467. The summed E-state index contributed by atoms with van der Waals surface area (Å²) in [6.07, 6.45) is 0.900. The van der Waals surface area contributed by atoms with Gasteiger partial charge in [0.05, 0.1) is 0 Å². The normalized spacial score (nSPS) is 11.2. The van der Waals surface area contributed by atoms with E-state index in [9.17, 15) is 14.0 Å². The van der Waals surface area contributed by atoms with Crippen LogP contribution in [0.25, 0.3) is 0 Å². The van der Waals surface area contributed by atoms with E-state index in [1.54, 1.807) is 0 Å². The van der Waals surface area contributed by atoms with Crippen LogP contribution in [0.2, 0.25) is 0 Å². The molecule has 1 unspecified atom stereocenters. The summed E-state index contributed by atoms with van der Waals surface area (Å²) in [6, 6.07) is 5.32. The highest BCUT2D eigenvalue weighted by Crippen LogP contribution is 2.02. The highest BCUT2D eigenvalue weighted by molar-refractivity contribution is 5.94. The number of carbonyl (C=O) groups excluding carboxylic acids is 2. The predicted molar refractivity (Wildman–Crippen MR) is 86.4 cm³/mol. The molecule has 0 aliphatic rings. The molecule has 0 bridgehead atoms. The molecule has 0 radical (unpaired) electrons. The Balaban J connectivity index is 0.00000441. The van der Waals surface area contributed by atoms with Crippen molar-refractivity contribution < 1.29 is 14.0 Å². The van der Waals surface area contributed by atoms with E-state index in [-0.39, 0.29) is 36.0 Å². The Labute approximate surface area is 136 Å². The average Bonchev–Trinajstić information content (AvgIpc) is 2.49. The van der Waals surface area contributed by atoms with Crippen LogP contribution in [0.4, 0.5) is 4.39 Å². The van der Waals surface area contributed by atoms with Crippen molar-refractivity contribution >= 4 is 24.2 Å². The fourth-order valence-corrected chi connectivity index (χ4v) is 1.61. The molecule has 0 aromatic heterocycles. The second kappa shape index (κ2) is 11.0. The largest absolute Gasteiger partial charge is 0.356 e. The van der Waals surface area contributed by atoms with E-state index >= 15 is 0 Å². The molecule has 2 amide bonds. The second-order valence-corrected chi connectivity index (χ2v) is 5.01. The number of benzene rings is 1. The van der Waals surface area contributed by atoms with Crippen LogP contribution in [0.1, 0.15) is 30.1 Å². The van der Waals surface area contributed by atoms with Gasteiger partial charge in [0.2, 0.25) is 5.91 Å². The number of rotatable bonds is 8. The number of nitrogens with one attached hydrogen (secondary N) is 2. The minimum absolute atomic E-state index is 0. The Kier molecular flexibility index (Phi) is 10.2. The fourth-order valence-electron chi connectivity index (χ4n) is 1.61. The highest BCUT2D eigenvalue weighted by Gasteiger charge is 2.06. The number of carbonyl (C=O) groups is 2. The summed E-state index contributed by atoms with van der Waals surface area (Å²) in [4.78, 5) is 23.2. The molecule has 1 aromatic rings. The molecule has 4 N–H and O–H groups in total. The van der Waals surface area contributed by atoms with Gasteiger partial charge in [-0.15, -0.1) is 12.4 Å². The first kappa shape index (κ1) is 20.3. The number of nitrogens with two attached hydrogens (primary N) is 1. The van der Waals surface area contributed by atoms with Crippen molar-refractivity contribution in [3.63, 3.8) is 0 Å². The van der Waals surface area contributed by atoms with Crippen LogP contribution >= 0.6 is 12.4 Å². The Morgan fingerprint density at radius 3 is 2.45 bits per heavy atom. The lowest BCUT2D eigenvalue weighted by atomic mass is 10.2. The first-order valence-electron chi connectivity index (χ1n) is 7.03. The molecule has 0 heterocycles. The lowest BCUT2D eigenvalue weighted by Crippen LogP contribution is -2.32. The van der Waals surface area contributed by atoms with Crippen molar-refractivity contribution in [2.24, 2.45) is 11.7 Å². The molecule has 5 nitrogen and oxygen atoms in total. The zero-order valence-electron chi connectivity index (χ0n) is 12.6. The lowest BCUT2D eigenvalue weighted by molar-refractivity contribution is -0.121. The first-order valence-corrected chi connectivity index (χ1v) is 7.03. The molecule has 1 rings (SSSR count). The predicted octanol–water partition coefficient (Wildman–Crippen LogP) is 1.47. The van der Waals surface area contributed by atoms with Gasteiger partial charge in [-0.1, -0.05) is 6.92 Å². The van der Waals surface area contributed by atoms with E-state index in [2.05, 4.69) is 10.6 Å². The minimum Gasteiger partial charge on any atom is -0.356 e. The van der Waals surface area contributed by atoms with Crippen LogP contribution in [0.5, 0.6) is 0 Å². The zero-order chi connectivity index (χ0) is 15.7. The van der Waals surface area contributed by atoms with Crippen LogP contribution in [0.15, 0.2) is 24.3 Å². The Bertz CT molecular complexity index is 468. The molecule has 0 saturated heterocycles. The quantitative estimate of drug-likeness (QED) is 0.631. The average molecular weight is 332 g/mol. The summed E-state index contributed by atoms with van der Waals surface area (Å²) in [5.41, 5.74) is 5.86. The molecule has 0 spiro atoms. The lowest BCUT2D eigenvalue weighted by Gasteiger charge is -2.10. The second-order valence-electron chi connectivity index (χ2n) is 5.01. The smallest absolute Gasteiger partial charge is 0.251 e. The maximum atomic E-state index is 12.7. The van der Waals surface area contributed by atoms with E-state index in [4.69, 9.17) is 5.73 Å². The van der Waals surface area contributed by atoms with E-state index < -0.39 is 0 Å². The van der Waals surface area contributed by atoms with Crippen molar-refractivity contribution in [1.29, 1.82) is 0 Å². The monoisotopic (exact) mass is 331 g/mol. The molecule has 1 aromatic carbocycles. The van der Waals surface area contributed by atoms with Gasteiger partial charge >= 0.3 is 0 Å². The van der Waals surface area contributed by atoms with Crippen molar-refractivity contribution in [3.05, 3.63) is 35.6 Å². The SMILES string of the molecule is CC(CN)CNC(=O)CCCNC(=O)c1ccc(F)cc1.Cl. The number of hydrogen-bond acceptors (Lipinski definition) is 3. The molecule has 0 fully saturated rings. The van der Waals surface area contributed by atoms with Gasteiger partial charge < -0.3 is 16.4 Å². The Hall–Kier alpha value is -1.66. The van der Waals surface area contributed by atoms with E-state index in [1.807, 2.05) is 6.92 Å². The standard InChI is InChI=1S/C15H22FN3O2.ClH/c1-11(9-17)10-19-14(20)3-2-8-18-15(21)12-4-6-13(16)7-5-12;/h4-7,11H,2-3,8-10,17H2,1H3,(H,18,21)(H,19,20);1H. The summed E-state index contributed by atoms with van der Waals surface area (Å²) in [5.74, 6) is -0.444. The van der Waals surface area contributed by atoms with E-state index in [0.717, 1.165) is 0 Å². The minimum atomic E-state index is -0.380. The third kappa shape index (κ3) is 7.95. The summed E-state index contributed by atoms with van der Waals surface area (Å²) in [7, 11) is 0. The molecule has 0 saturated carbocycles. The number of amides is 2. The van der Waals surface area contributed by atoms with Crippen molar-refractivity contribution in [3.8, 4) is 0 Å². The van der Waals surface area contributed by atoms with Gasteiger partial charge in [0.15, 0.2) is 0 Å². The van der Waals surface area contributed by atoms with Crippen molar-refractivity contribution in [2.45, 2.75) is 19.8 Å². The molecule has 22 heavy (non-hydrogen) atoms. The molecule has 0 aliphatic heterocycles. The number of halogens is 2. The van der Waals surface area contributed by atoms with E-state index in [0.29, 0.717) is 38.0 Å². The van der Waals surface area contributed by atoms with Gasteiger partial charge in [-0.2, -0.15) is 0 Å². The molecule has 0 aliphatic carbocycles. The third-order valence-electron chi connectivity index (χ3n) is 3.02. The van der Waals surface area contributed by atoms with Crippen molar-refractivity contribution in [1.82, 2.24) is 10.6 Å². The summed E-state index contributed by atoms with van der Waals surface area (Å²) >= 11 is 0. The molecular weight excluding hydrogens is 309 g/mol. The van der Waals surface area contributed by atoms with E-state index in [1.165, 1.54) is 24.3 Å².